The molecule has 7 N–H and O–H groups in total. The molecule has 14 nitrogen and oxygen atoms in total. The van der Waals surface area contributed by atoms with Crippen molar-refractivity contribution in [2.45, 2.75) is 293 Å². The van der Waals surface area contributed by atoms with Crippen LogP contribution in [-0.4, -0.2) is 142 Å². The van der Waals surface area contributed by atoms with Crippen LogP contribution in [0.1, 0.15) is 226 Å². The number of aliphatic hydroxyl groups is 7. The van der Waals surface area contributed by atoms with Crippen LogP contribution in [0.2, 0.25) is 0 Å². The van der Waals surface area contributed by atoms with Crippen molar-refractivity contribution in [3.8, 4) is 0 Å². The summed E-state index contributed by atoms with van der Waals surface area (Å²) in [6, 6.07) is 0. The molecule has 0 saturated carbocycles. The number of hydrogen-bond acceptors (Lipinski definition) is 14. The average molecular weight is 975 g/mol. The fourth-order valence-electron chi connectivity index (χ4n) is 8.97. The topological polar surface area (TPSA) is 214 Å². The van der Waals surface area contributed by atoms with Gasteiger partial charge in [-0.15, -0.1) is 0 Å². The summed E-state index contributed by atoms with van der Waals surface area (Å²) < 4.78 is 34.3. The van der Waals surface area contributed by atoms with E-state index in [4.69, 9.17) is 28.4 Å². The summed E-state index contributed by atoms with van der Waals surface area (Å²) in [5.41, 5.74) is 0. The number of aliphatic hydroxyl groups excluding tert-OH is 7. The fraction of sp³-hybridized carbons (Fsp3) is 0.944. The van der Waals surface area contributed by atoms with E-state index in [-0.39, 0.29) is 25.6 Å². The molecule has 0 bridgehead atoms. The molecule has 0 spiro atoms. The second-order valence-electron chi connectivity index (χ2n) is 19.8. The Morgan fingerprint density at radius 1 is 0.471 bits per heavy atom. The van der Waals surface area contributed by atoms with E-state index in [1.807, 2.05) is 0 Å². The maximum absolute atomic E-state index is 13.0. The van der Waals surface area contributed by atoms with Crippen LogP contribution in [0.15, 0.2) is 12.2 Å². The van der Waals surface area contributed by atoms with E-state index in [9.17, 15) is 40.5 Å². The monoisotopic (exact) mass is 975 g/mol. The van der Waals surface area contributed by atoms with Gasteiger partial charge in [-0.05, 0) is 32.1 Å². The molecule has 2 rings (SSSR count). The van der Waals surface area contributed by atoms with Gasteiger partial charge in [0.15, 0.2) is 12.6 Å². The molecule has 0 aromatic carbocycles. The normalized spacial score (nSPS) is 25.9. The molecule has 2 fully saturated rings. The SMILES string of the molecule is CCCC/C=C\CCCCCCCC(=O)OC(COCCCCCCCCCCCCCCCCCCCCCCCCC)COC1OC(COC2OC(CO)C(O)C(O)C2O)C(O)C(O)C1O. The number of carbonyl (C=O) groups is 1. The Kier molecular flexibility index (Phi) is 39.1. The van der Waals surface area contributed by atoms with Crippen LogP contribution >= 0.6 is 0 Å². The summed E-state index contributed by atoms with van der Waals surface area (Å²) in [4.78, 5) is 13.0. The first kappa shape index (κ1) is 62.8. The van der Waals surface area contributed by atoms with Crippen molar-refractivity contribution in [2.24, 2.45) is 0 Å². The lowest BCUT2D eigenvalue weighted by Crippen LogP contribution is -2.61. The first-order valence-electron chi connectivity index (χ1n) is 27.8. The molecular weight excluding hydrogens is 873 g/mol. The standard InChI is InChI=1S/C54H102O14/c1-3-5-7-9-11-13-15-16-17-18-19-20-21-22-23-24-25-26-28-30-32-34-36-38-63-40-43(66-46(56)37-35-33-31-29-27-14-12-10-8-6-4-2)41-64-53-52(62)50(60)48(58)45(68-53)42-65-54-51(61)49(59)47(57)44(39-55)67-54/h10,12,43-45,47-55,57-62H,3-9,11,13-42H2,1-2H3/b12-10-. The predicted octanol–water partition coefficient (Wildman–Crippen LogP) is 9.02. The van der Waals surface area contributed by atoms with Crippen LogP contribution in [0.3, 0.4) is 0 Å². The quantitative estimate of drug-likeness (QED) is 0.0172. The highest BCUT2D eigenvalue weighted by molar-refractivity contribution is 5.69. The Bertz CT molecular complexity index is 1180. The van der Waals surface area contributed by atoms with Crippen LogP contribution in [0.25, 0.3) is 0 Å². The maximum Gasteiger partial charge on any atom is 0.306 e. The molecule has 11 unspecified atom stereocenters. The third-order valence-corrected chi connectivity index (χ3v) is 13.5. The van der Waals surface area contributed by atoms with Crippen LogP contribution in [0, 0.1) is 0 Å². The molecule has 2 saturated heterocycles. The minimum atomic E-state index is -1.70. The zero-order chi connectivity index (χ0) is 49.5. The zero-order valence-electron chi connectivity index (χ0n) is 42.9. The molecule has 0 aromatic heterocycles. The van der Waals surface area contributed by atoms with Crippen molar-refractivity contribution in [3.63, 3.8) is 0 Å². The lowest BCUT2D eigenvalue weighted by molar-refractivity contribution is -0.332. The van der Waals surface area contributed by atoms with Crippen LogP contribution in [0.5, 0.6) is 0 Å². The molecule has 0 radical (unpaired) electrons. The molecule has 2 heterocycles. The maximum atomic E-state index is 13.0. The van der Waals surface area contributed by atoms with Crippen molar-refractivity contribution < 1.29 is 69.0 Å². The zero-order valence-corrected chi connectivity index (χ0v) is 42.9. The lowest BCUT2D eigenvalue weighted by Gasteiger charge is -2.42. The highest BCUT2D eigenvalue weighted by Crippen LogP contribution is 2.27. The summed E-state index contributed by atoms with van der Waals surface area (Å²) >= 11 is 0. The Balaban J connectivity index is 1.68. The Hall–Kier alpha value is -1.27. The van der Waals surface area contributed by atoms with E-state index in [0.717, 1.165) is 57.8 Å². The second-order valence-corrected chi connectivity index (χ2v) is 19.8. The van der Waals surface area contributed by atoms with Gasteiger partial charge in [0.1, 0.15) is 54.9 Å². The number of rotatable bonds is 45. The number of allylic oxidation sites excluding steroid dienone is 2. The minimum absolute atomic E-state index is 0.0640. The number of hydrogen-bond donors (Lipinski definition) is 7. The Morgan fingerprint density at radius 2 is 0.882 bits per heavy atom. The van der Waals surface area contributed by atoms with E-state index in [2.05, 4.69) is 26.0 Å². The summed E-state index contributed by atoms with van der Waals surface area (Å²) in [5.74, 6) is -0.382. The molecule has 0 aromatic rings. The van der Waals surface area contributed by atoms with Gasteiger partial charge in [-0.3, -0.25) is 4.79 Å². The molecule has 2 aliphatic rings. The number of unbranched alkanes of at least 4 members (excludes halogenated alkanes) is 29. The third kappa shape index (κ3) is 29.3. The van der Waals surface area contributed by atoms with E-state index in [1.54, 1.807) is 0 Å². The van der Waals surface area contributed by atoms with Crippen molar-refractivity contribution in [3.05, 3.63) is 12.2 Å². The van der Waals surface area contributed by atoms with Gasteiger partial charge < -0.3 is 64.2 Å². The molecule has 0 aliphatic carbocycles. The van der Waals surface area contributed by atoms with Crippen molar-refractivity contribution in [1.29, 1.82) is 0 Å². The van der Waals surface area contributed by atoms with Crippen LogP contribution in [-0.2, 0) is 33.2 Å². The summed E-state index contributed by atoms with van der Waals surface area (Å²) in [6.45, 7) is 3.68. The number of ether oxygens (including phenoxy) is 6. The summed E-state index contributed by atoms with van der Waals surface area (Å²) in [7, 11) is 0. The molecule has 68 heavy (non-hydrogen) atoms. The lowest BCUT2D eigenvalue weighted by atomic mass is 9.98. The van der Waals surface area contributed by atoms with Gasteiger partial charge in [0.2, 0.25) is 0 Å². The molecule has 402 valence electrons. The number of carbonyl (C=O) groups excluding carboxylic acids is 1. The van der Waals surface area contributed by atoms with Crippen LogP contribution in [0.4, 0.5) is 0 Å². The Morgan fingerprint density at radius 3 is 1.38 bits per heavy atom. The highest BCUT2D eigenvalue weighted by atomic mass is 16.7. The van der Waals surface area contributed by atoms with Gasteiger partial charge in [-0.1, -0.05) is 199 Å². The first-order chi connectivity index (χ1) is 33.1. The third-order valence-electron chi connectivity index (χ3n) is 13.5. The summed E-state index contributed by atoms with van der Waals surface area (Å²) in [5, 5.41) is 72.1. The van der Waals surface area contributed by atoms with Gasteiger partial charge in [-0.25, -0.2) is 0 Å². The van der Waals surface area contributed by atoms with Gasteiger partial charge in [0, 0.05) is 13.0 Å². The van der Waals surface area contributed by atoms with Crippen LogP contribution < -0.4 is 0 Å². The smallest absolute Gasteiger partial charge is 0.306 e. The van der Waals surface area contributed by atoms with Gasteiger partial charge in [0.05, 0.1) is 26.4 Å². The van der Waals surface area contributed by atoms with Gasteiger partial charge in [0.25, 0.3) is 0 Å². The van der Waals surface area contributed by atoms with Gasteiger partial charge in [-0.2, -0.15) is 0 Å². The minimum Gasteiger partial charge on any atom is -0.457 e. The predicted molar refractivity (Wildman–Crippen MR) is 266 cm³/mol. The van der Waals surface area contributed by atoms with E-state index < -0.39 is 80.7 Å². The van der Waals surface area contributed by atoms with Crippen molar-refractivity contribution in [2.75, 3.05) is 33.0 Å². The van der Waals surface area contributed by atoms with E-state index in [0.29, 0.717) is 13.0 Å². The largest absolute Gasteiger partial charge is 0.457 e. The molecular formula is C54H102O14. The molecule has 0 amide bonds. The van der Waals surface area contributed by atoms with E-state index in [1.165, 1.54) is 141 Å². The Labute approximate surface area is 412 Å². The molecule has 11 atom stereocenters. The van der Waals surface area contributed by atoms with Gasteiger partial charge >= 0.3 is 5.97 Å². The van der Waals surface area contributed by atoms with Crippen molar-refractivity contribution in [1.82, 2.24) is 0 Å². The highest BCUT2D eigenvalue weighted by Gasteiger charge is 2.47. The first-order valence-corrected chi connectivity index (χ1v) is 27.8. The average Bonchev–Trinajstić information content (AvgIpc) is 3.33. The summed E-state index contributed by atoms with van der Waals surface area (Å²) in [6.07, 6.45) is 28.6. The number of esters is 1. The second kappa shape index (κ2) is 42.3. The molecule has 14 heteroatoms. The van der Waals surface area contributed by atoms with E-state index >= 15 is 0 Å². The van der Waals surface area contributed by atoms with Crippen molar-refractivity contribution >= 4 is 5.97 Å². The molecule has 2 aliphatic heterocycles. The fourth-order valence-corrected chi connectivity index (χ4v) is 8.97.